The van der Waals surface area contributed by atoms with E-state index in [1.54, 1.807) is 26.0 Å². The molecule has 0 unspecified atom stereocenters. The molecule has 0 aliphatic heterocycles. The fraction of sp³-hybridized carbons (Fsp3) is 0.235. The van der Waals surface area contributed by atoms with E-state index in [-0.39, 0.29) is 22.0 Å². The Hall–Kier alpha value is -2.34. The highest BCUT2D eigenvalue weighted by Crippen LogP contribution is 2.27. The van der Waals surface area contributed by atoms with Gasteiger partial charge >= 0.3 is 5.97 Å². The predicted molar refractivity (Wildman–Crippen MR) is 86.6 cm³/mol. The van der Waals surface area contributed by atoms with Gasteiger partial charge in [0.1, 0.15) is 11.3 Å². The molecule has 23 heavy (non-hydrogen) atoms. The highest BCUT2D eigenvalue weighted by Gasteiger charge is 2.22. The van der Waals surface area contributed by atoms with Crippen LogP contribution in [0, 0.1) is 20.8 Å². The lowest BCUT2D eigenvalue weighted by Crippen LogP contribution is -2.10. The van der Waals surface area contributed by atoms with Gasteiger partial charge in [-0.3, -0.25) is 0 Å². The normalized spacial score (nSPS) is 11.4. The second kappa shape index (κ2) is 6.04. The Morgan fingerprint density at radius 1 is 1.04 bits per heavy atom. The number of carboxylic acids is 1. The molecule has 0 saturated carbocycles. The minimum absolute atomic E-state index is 0.271. The van der Waals surface area contributed by atoms with Crippen LogP contribution >= 0.6 is 0 Å². The van der Waals surface area contributed by atoms with Crippen LogP contribution < -0.4 is 0 Å². The van der Waals surface area contributed by atoms with E-state index in [4.69, 9.17) is 5.11 Å². The summed E-state index contributed by atoms with van der Waals surface area (Å²) in [6.45, 7) is 5.38. The van der Waals surface area contributed by atoms with Crippen molar-refractivity contribution in [1.29, 1.82) is 0 Å². The Morgan fingerprint density at radius 2 is 1.61 bits per heavy atom. The lowest BCUT2D eigenvalue weighted by Gasteiger charge is -2.13. The number of hydrogen-bond donors (Lipinski definition) is 2. The molecule has 2 rings (SSSR count). The molecule has 0 saturated heterocycles. The van der Waals surface area contributed by atoms with E-state index in [0.717, 1.165) is 5.56 Å². The number of aromatic carboxylic acids is 1. The van der Waals surface area contributed by atoms with E-state index in [1.807, 2.05) is 6.92 Å². The van der Waals surface area contributed by atoms with Gasteiger partial charge in [-0.05, 0) is 49.6 Å². The summed E-state index contributed by atoms with van der Waals surface area (Å²) in [4.78, 5) is 11.3. The van der Waals surface area contributed by atoms with Crippen LogP contribution in [0.1, 0.15) is 32.6 Å². The molecule has 5 nitrogen and oxygen atoms in total. The van der Waals surface area contributed by atoms with Gasteiger partial charge in [-0.15, -0.1) is 0 Å². The predicted octanol–water partition coefficient (Wildman–Crippen LogP) is 2.99. The maximum absolute atomic E-state index is 12.7. The van der Waals surface area contributed by atoms with Gasteiger partial charge in [0.2, 0.25) is 0 Å². The van der Waals surface area contributed by atoms with Crippen molar-refractivity contribution in [3.05, 3.63) is 58.1 Å². The number of carbonyl (C=O) groups is 1. The van der Waals surface area contributed by atoms with Crippen LogP contribution in [0.2, 0.25) is 0 Å². The second-order valence-electron chi connectivity index (χ2n) is 5.64. The zero-order chi connectivity index (χ0) is 17.4. The van der Waals surface area contributed by atoms with E-state index in [0.29, 0.717) is 16.7 Å². The average Bonchev–Trinajstić information content (AvgIpc) is 2.38. The minimum atomic E-state index is -3.62. The van der Waals surface area contributed by atoms with Gasteiger partial charge in [0.25, 0.3) is 0 Å². The molecule has 2 aromatic carbocycles. The Labute approximate surface area is 135 Å². The van der Waals surface area contributed by atoms with E-state index < -0.39 is 15.8 Å². The van der Waals surface area contributed by atoms with Crippen LogP contribution in [-0.4, -0.2) is 24.6 Å². The Kier molecular flexibility index (Phi) is 4.47. The summed E-state index contributed by atoms with van der Waals surface area (Å²) in [5, 5.41) is 18.5. The van der Waals surface area contributed by atoms with Crippen LogP contribution in [0.4, 0.5) is 0 Å². The first-order chi connectivity index (χ1) is 10.6. The molecule has 0 aromatic heterocycles. The zero-order valence-electron chi connectivity index (χ0n) is 13.1. The molecule has 0 fully saturated rings. The Balaban J connectivity index is 2.48. The summed E-state index contributed by atoms with van der Waals surface area (Å²) >= 11 is 0. The summed E-state index contributed by atoms with van der Waals surface area (Å²) < 4.78 is 25.4. The molecular formula is C17H18O5S. The van der Waals surface area contributed by atoms with E-state index in [1.165, 1.54) is 18.2 Å². The molecule has 0 aliphatic carbocycles. The zero-order valence-corrected chi connectivity index (χ0v) is 13.9. The number of rotatable bonds is 4. The SMILES string of the molecule is Cc1cc(C)c(S(=O)(=O)Cc2ccc(O)c(C(=O)O)c2)c(C)c1. The molecule has 0 aliphatic rings. The van der Waals surface area contributed by atoms with Gasteiger partial charge in [0.15, 0.2) is 9.84 Å². The van der Waals surface area contributed by atoms with Crippen LogP contribution in [0.15, 0.2) is 35.2 Å². The number of phenols is 1. The number of benzene rings is 2. The van der Waals surface area contributed by atoms with Gasteiger partial charge < -0.3 is 10.2 Å². The Bertz CT molecular complexity index is 859. The maximum atomic E-state index is 12.7. The van der Waals surface area contributed by atoms with Gasteiger partial charge in [-0.25, -0.2) is 13.2 Å². The molecule has 0 radical (unpaired) electrons. The lowest BCUT2D eigenvalue weighted by molar-refractivity contribution is 0.0693. The number of sulfone groups is 1. The summed E-state index contributed by atoms with van der Waals surface area (Å²) in [5.74, 6) is -2.01. The van der Waals surface area contributed by atoms with Crippen LogP contribution in [0.3, 0.4) is 0 Å². The largest absolute Gasteiger partial charge is 0.507 e. The van der Waals surface area contributed by atoms with E-state index >= 15 is 0 Å². The van der Waals surface area contributed by atoms with E-state index in [9.17, 15) is 18.3 Å². The van der Waals surface area contributed by atoms with Crippen molar-refractivity contribution in [2.75, 3.05) is 0 Å². The molecule has 2 N–H and O–H groups in total. The van der Waals surface area contributed by atoms with Gasteiger partial charge in [0.05, 0.1) is 10.6 Å². The van der Waals surface area contributed by atoms with Crippen molar-refractivity contribution >= 4 is 15.8 Å². The monoisotopic (exact) mass is 334 g/mol. The van der Waals surface area contributed by atoms with Gasteiger partial charge in [0, 0.05) is 0 Å². The second-order valence-corrected chi connectivity index (χ2v) is 7.57. The van der Waals surface area contributed by atoms with Crippen molar-refractivity contribution in [2.24, 2.45) is 0 Å². The fourth-order valence-electron chi connectivity index (χ4n) is 2.79. The van der Waals surface area contributed by atoms with Crippen LogP contribution in [0.5, 0.6) is 5.75 Å². The summed E-state index contributed by atoms with van der Waals surface area (Å²) in [6.07, 6.45) is 0. The third-order valence-corrected chi connectivity index (χ3v) is 5.54. The third kappa shape index (κ3) is 3.53. The number of aromatic hydroxyl groups is 1. The van der Waals surface area contributed by atoms with Crippen LogP contribution in [-0.2, 0) is 15.6 Å². The molecule has 0 spiro atoms. The molecule has 0 atom stereocenters. The molecule has 122 valence electrons. The smallest absolute Gasteiger partial charge is 0.339 e. The van der Waals surface area contributed by atoms with E-state index in [2.05, 4.69) is 0 Å². The number of carboxylic acid groups (broad SMARTS) is 1. The summed E-state index contributed by atoms with van der Waals surface area (Å²) in [6, 6.07) is 7.41. The fourth-order valence-corrected chi connectivity index (χ4v) is 4.65. The Morgan fingerprint density at radius 3 is 2.13 bits per heavy atom. The number of aryl methyl sites for hydroxylation is 3. The highest BCUT2D eigenvalue weighted by molar-refractivity contribution is 7.90. The van der Waals surface area contributed by atoms with Crippen molar-refractivity contribution in [3.63, 3.8) is 0 Å². The maximum Gasteiger partial charge on any atom is 0.339 e. The average molecular weight is 334 g/mol. The molecule has 0 amide bonds. The van der Waals surface area contributed by atoms with Gasteiger partial charge in [-0.2, -0.15) is 0 Å². The van der Waals surface area contributed by atoms with Crippen molar-refractivity contribution in [1.82, 2.24) is 0 Å². The molecule has 0 bridgehead atoms. The van der Waals surface area contributed by atoms with Gasteiger partial charge in [-0.1, -0.05) is 23.8 Å². The standard InChI is InChI=1S/C17H18O5S/c1-10-6-11(2)16(12(3)7-10)23(21,22)9-13-4-5-15(18)14(8-13)17(19)20/h4-8,18H,9H2,1-3H3,(H,19,20). The summed E-state index contributed by atoms with van der Waals surface area (Å²) in [5.41, 5.74) is 2.32. The quantitative estimate of drug-likeness (QED) is 0.897. The lowest BCUT2D eigenvalue weighted by atomic mass is 10.1. The number of hydrogen-bond acceptors (Lipinski definition) is 4. The molecule has 0 heterocycles. The molecule has 2 aromatic rings. The first-order valence-corrected chi connectivity index (χ1v) is 8.63. The highest BCUT2D eigenvalue weighted by atomic mass is 32.2. The van der Waals surface area contributed by atoms with Crippen molar-refractivity contribution in [3.8, 4) is 5.75 Å². The first kappa shape index (κ1) is 17.0. The third-order valence-electron chi connectivity index (χ3n) is 3.56. The minimum Gasteiger partial charge on any atom is -0.507 e. The molecule has 6 heteroatoms. The van der Waals surface area contributed by atoms with Crippen LogP contribution in [0.25, 0.3) is 0 Å². The molecular weight excluding hydrogens is 316 g/mol. The van der Waals surface area contributed by atoms with Crippen molar-refractivity contribution in [2.45, 2.75) is 31.4 Å². The van der Waals surface area contributed by atoms with Crippen molar-refractivity contribution < 1.29 is 23.4 Å². The first-order valence-electron chi connectivity index (χ1n) is 6.97. The topological polar surface area (TPSA) is 91.7 Å². The summed E-state index contributed by atoms with van der Waals surface area (Å²) in [7, 11) is -3.62.